The minimum atomic E-state index is 0.280. The summed E-state index contributed by atoms with van der Waals surface area (Å²) < 4.78 is 1.93. The van der Waals surface area contributed by atoms with E-state index in [0.29, 0.717) is 17.9 Å². The highest BCUT2D eigenvalue weighted by Gasteiger charge is 2.25. The molecule has 0 spiro atoms. The Morgan fingerprint density at radius 3 is 2.75 bits per heavy atom. The van der Waals surface area contributed by atoms with Crippen molar-refractivity contribution in [3.63, 3.8) is 0 Å². The van der Waals surface area contributed by atoms with Crippen LogP contribution in [0.25, 0.3) is 33.3 Å². The molecule has 0 radical (unpaired) electrons. The second-order valence-electron chi connectivity index (χ2n) is 9.24. The average Bonchev–Trinajstić information content (AvgIpc) is 3.37. The number of fused-ring (bicyclic) bond motifs is 2. The number of hydrogen-bond acceptors (Lipinski definition) is 4. The van der Waals surface area contributed by atoms with E-state index in [0.717, 1.165) is 33.3 Å². The Hall–Kier alpha value is -3.17. The lowest BCUT2D eigenvalue weighted by Gasteiger charge is -2.27. The Bertz CT molecular complexity index is 1300. The van der Waals surface area contributed by atoms with Crippen molar-refractivity contribution in [3.05, 3.63) is 47.9 Å². The number of aromatic amines is 1. The first kappa shape index (κ1) is 20.7. The number of nitriles is 1. The molecule has 4 aromatic rings. The van der Waals surface area contributed by atoms with E-state index in [1.807, 2.05) is 10.6 Å². The topological polar surface area (TPSA) is 82.3 Å². The summed E-state index contributed by atoms with van der Waals surface area (Å²) >= 11 is 0. The number of rotatable bonds is 5. The number of nitrogens with zero attached hydrogens (tertiary/aromatic N) is 4. The molecular formula is C26H30N6. The van der Waals surface area contributed by atoms with Crippen molar-refractivity contribution in [1.82, 2.24) is 24.8 Å². The molecule has 4 heterocycles. The van der Waals surface area contributed by atoms with Gasteiger partial charge in [-0.05, 0) is 62.9 Å². The van der Waals surface area contributed by atoms with Crippen molar-refractivity contribution < 1.29 is 0 Å². The van der Waals surface area contributed by atoms with Crippen LogP contribution >= 0.6 is 0 Å². The maximum Gasteiger partial charge on any atom is 0.141 e. The zero-order valence-electron chi connectivity index (χ0n) is 19.0. The molecule has 5 rings (SSSR count). The second-order valence-corrected chi connectivity index (χ2v) is 9.24. The zero-order chi connectivity index (χ0) is 22.2. The van der Waals surface area contributed by atoms with Crippen molar-refractivity contribution in [2.75, 3.05) is 7.05 Å². The van der Waals surface area contributed by atoms with Gasteiger partial charge in [-0.2, -0.15) is 5.26 Å². The molecule has 1 saturated carbocycles. The first-order valence-corrected chi connectivity index (χ1v) is 11.6. The van der Waals surface area contributed by atoms with E-state index in [4.69, 9.17) is 4.98 Å². The van der Waals surface area contributed by atoms with Gasteiger partial charge in [-0.1, -0.05) is 13.8 Å². The molecule has 4 aromatic heterocycles. The fourth-order valence-electron chi connectivity index (χ4n) is 5.30. The van der Waals surface area contributed by atoms with Crippen molar-refractivity contribution >= 4 is 22.1 Å². The molecular weight excluding hydrogens is 396 g/mol. The molecule has 2 N–H and O–H groups in total. The number of pyridine rings is 2. The van der Waals surface area contributed by atoms with Gasteiger partial charge >= 0.3 is 0 Å². The molecule has 1 aliphatic rings. The summed E-state index contributed by atoms with van der Waals surface area (Å²) in [6, 6.07) is 11.3. The Labute approximate surface area is 188 Å². The fourth-order valence-corrected chi connectivity index (χ4v) is 5.30. The summed E-state index contributed by atoms with van der Waals surface area (Å²) in [6.45, 7) is 4.74. The Balaban J connectivity index is 1.63. The highest BCUT2D eigenvalue weighted by molar-refractivity contribution is 5.98. The Kier molecular flexibility index (Phi) is 5.44. The summed E-state index contributed by atoms with van der Waals surface area (Å²) in [7, 11) is 2.06. The van der Waals surface area contributed by atoms with Gasteiger partial charge < -0.3 is 14.9 Å². The van der Waals surface area contributed by atoms with Crippen LogP contribution in [0.3, 0.4) is 0 Å². The van der Waals surface area contributed by atoms with Gasteiger partial charge in [0.15, 0.2) is 0 Å². The Morgan fingerprint density at radius 1 is 1.22 bits per heavy atom. The lowest BCUT2D eigenvalue weighted by atomic mass is 9.84. The molecule has 0 amide bonds. The average molecular weight is 427 g/mol. The third-order valence-electron chi connectivity index (χ3n) is 6.98. The van der Waals surface area contributed by atoms with Crippen LogP contribution in [0, 0.1) is 11.3 Å². The lowest BCUT2D eigenvalue weighted by molar-refractivity contribution is 0.355. The van der Waals surface area contributed by atoms with E-state index >= 15 is 0 Å². The van der Waals surface area contributed by atoms with E-state index in [-0.39, 0.29) is 6.54 Å². The number of hydrogen-bond donors (Lipinski definition) is 2. The van der Waals surface area contributed by atoms with Crippen molar-refractivity contribution in [2.45, 2.75) is 64.0 Å². The van der Waals surface area contributed by atoms with Crippen molar-refractivity contribution in [2.24, 2.45) is 0 Å². The zero-order valence-corrected chi connectivity index (χ0v) is 19.0. The van der Waals surface area contributed by atoms with Crippen LogP contribution in [0.5, 0.6) is 0 Å². The summed E-state index contributed by atoms with van der Waals surface area (Å²) in [5.41, 5.74) is 7.62. The fraction of sp³-hybridized carbons (Fsp3) is 0.423. The van der Waals surface area contributed by atoms with Crippen LogP contribution in [0.15, 0.2) is 36.7 Å². The highest BCUT2D eigenvalue weighted by Crippen LogP contribution is 2.40. The van der Waals surface area contributed by atoms with Crippen LogP contribution in [0.4, 0.5) is 0 Å². The third kappa shape index (κ3) is 3.47. The van der Waals surface area contributed by atoms with Crippen LogP contribution < -0.4 is 5.32 Å². The molecule has 1 fully saturated rings. The van der Waals surface area contributed by atoms with E-state index in [2.05, 4.69) is 66.6 Å². The molecule has 0 saturated heterocycles. The lowest BCUT2D eigenvalue weighted by Crippen LogP contribution is -2.29. The molecule has 0 aromatic carbocycles. The van der Waals surface area contributed by atoms with E-state index in [9.17, 15) is 5.26 Å². The minimum Gasteiger partial charge on any atom is -0.353 e. The maximum absolute atomic E-state index is 9.28. The van der Waals surface area contributed by atoms with Crippen LogP contribution in [0.2, 0.25) is 0 Å². The molecule has 0 unspecified atom stereocenters. The van der Waals surface area contributed by atoms with Gasteiger partial charge in [0.05, 0.1) is 22.8 Å². The number of H-pyrrole nitrogens is 1. The molecule has 164 valence electrons. The molecule has 6 nitrogen and oxygen atoms in total. The predicted octanol–water partition coefficient (Wildman–Crippen LogP) is 5.47. The molecule has 0 bridgehead atoms. The van der Waals surface area contributed by atoms with Crippen molar-refractivity contribution in [1.29, 1.82) is 5.26 Å². The summed E-state index contributed by atoms with van der Waals surface area (Å²) in [4.78, 5) is 13.4. The highest BCUT2D eigenvalue weighted by atomic mass is 15.0. The van der Waals surface area contributed by atoms with E-state index < -0.39 is 0 Å². The summed E-state index contributed by atoms with van der Waals surface area (Å²) in [6.07, 6.45) is 8.63. The van der Waals surface area contributed by atoms with Gasteiger partial charge in [0.1, 0.15) is 12.2 Å². The molecule has 1 aliphatic carbocycles. The summed E-state index contributed by atoms with van der Waals surface area (Å²) in [5, 5.41) is 13.8. The van der Waals surface area contributed by atoms with Crippen molar-refractivity contribution in [3.8, 4) is 17.3 Å². The SMILES string of the molecule is CNC1CCC(c2ccc3[nH]c(-c4cn(CC#N)c5ncccc45)c(C(C)C)c3n2)CC1. The largest absolute Gasteiger partial charge is 0.353 e. The van der Waals surface area contributed by atoms with Gasteiger partial charge in [0, 0.05) is 46.6 Å². The quantitative estimate of drug-likeness (QED) is 0.443. The monoisotopic (exact) mass is 426 g/mol. The molecule has 6 heteroatoms. The first-order chi connectivity index (χ1) is 15.6. The maximum atomic E-state index is 9.28. The van der Waals surface area contributed by atoms with Gasteiger partial charge in [0.2, 0.25) is 0 Å². The minimum absolute atomic E-state index is 0.280. The summed E-state index contributed by atoms with van der Waals surface area (Å²) in [5.74, 6) is 0.844. The van der Waals surface area contributed by atoms with E-state index in [1.54, 1.807) is 6.20 Å². The van der Waals surface area contributed by atoms with Crippen LogP contribution in [0.1, 0.15) is 62.6 Å². The second kappa shape index (κ2) is 8.40. The van der Waals surface area contributed by atoms with Gasteiger partial charge in [-0.15, -0.1) is 0 Å². The standard InChI is InChI=1S/C26H30N6/c1-16(2)23-24(20-15-32(14-12-27)26-19(20)5-4-13-29-26)31-22-11-10-21(30-25(22)23)17-6-8-18(28-3)9-7-17/h4-5,10-11,13,15-18,28,31H,6-9,14H2,1-3H3. The molecule has 0 aliphatic heterocycles. The van der Waals surface area contributed by atoms with Crippen LogP contribution in [-0.4, -0.2) is 32.6 Å². The third-order valence-corrected chi connectivity index (χ3v) is 6.98. The van der Waals surface area contributed by atoms with Gasteiger partial charge in [-0.25, -0.2) is 4.98 Å². The van der Waals surface area contributed by atoms with Gasteiger partial charge in [-0.3, -0.25) is 4.98 Å². The van der Waals surface area contributed by atoms with Crippen LogP contribution in [-0.2, 0) is 6.54 Å². The predicted molar refractivity (Wildman–Crippen MR) is 129 cm³/mol. The number of nitrogens with one attached hydrogen (secondary N) is 2. The van der Waals surface area contributed by atoms with E-state index in [1.165, 1.54) is 36.9 Å². The molecule has 32 heavy (non-hydrogen) atoms. The Morgan fingerprint density at radius 2 is 2.03 bits per heavy atom. The smallest absolute Gasteiger partial charge is 0.141 e. The normalized spacial score (nSPS) is 19.1. The first-order valence-electron chi connectivity index (χ1n) is 11.6. The van der Waals surface area contributed by atoms with Gasteiger partial charge in [0.25, 0.3) is 0 Å². The number of aromatic nitrogens is 4. The molecule has 0 atom stereocenters.